The van der Waals surface area contributed by atoms with Crippen molar-refractivity contribution >= 4 is 5.91 Å². The van der Waals surface area contributed by atoms with Crippen LogP contribution in [-0.2, 0) is 6.54 Å². The molecule has 0 atom stereocenters. The SMILES string of the molecule is CC(C)c1nc(C(=O)NCc2ncon2)n[nH]1. The van der Waals surface area contributed by atoms with Crippen molar-refractivity contribution in [1.29, 1.82) is 0 Å². The van der Waals surface area contributed by atoms with E-state index in [4.69, 9.17) is 0 Å². The van der Waals surface area contributed by atoms with Gasteiger partial charge in [-0.2, -0.15) is 4.98 Å². The first-order valence-electron chi connectivity index (χ1n) is 5.12. The van der Waals surface area contributed by atoms with Gasteiger partial charge in [0, 0.05) is 5.92 Å². The van der Waals surface area contributed by atoms with Gasteiger partial charge < -0.3 is 9.84 Å². The van der Waals surface area contributed by atoms with Gasteiger partial charge in [0.05, 0.1) is 6.54 Å². The molecule has 0 unspecified atom stereocenters. The second-order valence-electron chi connectivity index (χ2n) is 3.73. The first kappa shape index (κ1) is 11.2. The van der Waals surface area contributed by atoms with Gasteiger partial charge in [-0.3, -0.25) is 9.89 Å². The molecule has 0 saturated carbocycles. The van der Waals surface area contributed by atoms with Crippen LogP contribution in [0, 0.1) is 0 Å². The molecule has 0 spiro atoms. The maximum Gasteiger partial charge on any atom is 0.291 e. The lowest BCUT2D eigenvalue weighted by Gasteiger charge is -1.97. The topological polar surface area (TPSA) is 110 Å². The first-order valence-corrected chi connectivity index (χ1v) is 5.12. The highest BCUT2D eigenvalue weighted by molar-refractivity contribution is 5.90. The zero-order valence-corrected chi connectivity index (χ0v) is 9.47. The number of aromatic amines is 1. The van der Waals surface area contributed by atoms with Crippen LogP contribution in [0.25, 0.3) is 0 Å². The third-order valence-electron chi connectivity index (χ3n) is 2.07. The molecular formula is C9H12N6O2. The molecule has 8 heteroatoms. The Morgan fingerprint density at radius 3 is 3.00 bits per heavy atom. The molecule has 2 N–H and O–H groups in total. The van der Waals surface area contributed by atoms with Gasteiger partial charge in [0.15, 0.2) is 5.82 Å². The molecule has 0 aliphatic rings. The van der Waals surface area contributed by atoms with Gasteiger partial charge in [-0.25, -0.2) is 4.98 Å². The van der Waals surface area contributed by atoms with E-state index in [2.05, 4.69) is 35.2 Å². The van der Waals surface area contributed by atoms with Gasteiger partial charge >= 0.3 is 0 Å². The summed E-state index contributed by atoms with van der Waals surface area (Å²) in [6.07, 6.45) is 1.20. The van der Waals surface area contributed by atoms with E-state index in [1.54, 1.807) is 0 Å². The van der Waals surface area contributed by atoms with Crippen molar-refractivity contribution in [3.05, 3.63) is 23.9 Å². The lowest BCUT2D eigenvalue weighted by molar-refractivity contribution is 0.0939. The Morgan fingerprint density at radius 1 is 1.59 bits per heavy atom. The lowest BCUT2D eigenvalue weighted by Crippen LogP contribution is -2.24. The molecule has 2 aromatic rings. The third-order valence-corrected chi connectivity index (χ3v) is 2.07. The van der Waals surface area contributed by atoms with Gasteiger partial charge in [0.1, 0.15) is 5.82 Å². The van der Waals surface area contributed by atoms with Crippen molar-refractivity contribution in [1.82, 2.24) is 30.6 Å². The van der Waals surface area contributed by atoms with Gasteiger partial charge in [0.25, 0.3) is 5.91 Å². The zero-order chi connectivity index (χ0) is 12.3. The van der Waals surface area contributed by atoms with Gasteiger partial charge in [-0.05, 0) is 0 Å². The van der Waals surface area contributed by atoms with E-state index in [1.807, 2.05) is 13.8 Å². The van der Waals surface area contributed by atoms with E-state index in [1.165, 1.54) is 6.39 Å². The van der Waals surface area contributed by atoms with Crippen LogP contribution in [-0.4, -0.2) is 31.2 Å². The van der Waals surface area contributed by atoms with Crippen molar-refractivity contribution in [2.45, 2.75) is 26.3 Å². The van der Waals surface area contributed by atoms with Crippen molar-refractivity contribution in [3.63, 3.8) is 0 Å². The van der Waals surface area contributed by atoms with Crippen LogP contribution in [0.2, 0.25) is 0 Å². The molecule has 0 aromatic carbocycles. The maximum absolute atomic E-state index is 11.6. The number of H-pyrrole nitrogens is 1. The number of aromatic nitrogens is 5. The summed E-state index contributed by atoms with van der Waals surface area (Å²) in [6.45, 7) is 4.10. The van der Waals surface area contributed by atoms with Gasteiger partial charge in [-0.15, -0.1) is 5.10 Å². The fourth-order valence-electron chi connectivity index (χ4n) is 1.14. The van der Waals surface area contributed by atoms with Crippen molar-refractivity contribution in [3.8, 4) is 0 Å². The quantitative estimate of drug-likeness (QED) is 0.786. The van der Waals surface area contributed by atoms with Crippen LogP contribution in [0.15, 0.2) is 10.9 Å². The predicted octanol–water partition coefficient (Wildman–Crippen LogP) is 0.241. The Kier molecular flexibility index (Phi) is 3.12. The minimum absolute atomic E-state index is 0.109. The molecule has 0 radical (unpaired) electrons. The molecule has 1 amide bonds. The molecule has 90 valence electrons. The standard InChI is InChI=1S/C9H12N6O2/c1-5(2)7-12-8(14-13-7)9(16)10-3-6-11-4-17-15-6/h4-5H,3H2,1-2H3,(H,10,16)(H,12,13,14). The van der Waals surface area contributed by atoms with E-state index >= 15 is 0 Å². The Morgan fingerprint density at radius 2 is 2.41 bits per heavy atom. The van der Waals surface area contributed by atoms with Crippen LogP contribution < -0.4 is 5.32 Å². The number of hydrogen-bond donors (Lipinski definition) is 2. The molecule has 17 heavy (non-hydrogen) atoms. The number of rotatable bonds is 4. The summed E-state index contributed by atoms with van der Waals surface area (Å²) in [5.41, 5.74) is 0. The smallest absolute Gasteiger partial charge is 0.291 e. The highest BCUT2D eigenvalue weighted by atomic mass is 16.5. The van der Waals surface area contributed by atoms with Crippen molar-refractivity contribution < 1.29 is 9.32 Å². The lowest BCUT2D eigenvalue weighted by atomic mass is 10.2. The number of hydrogen-bond acceptors (Lipinski definition) is 6. The predicted molar refractivity (Wildman–Crippen MR) is 55.9 cm³/mol. The summed E-state index contributed by atoms with van der Waals surface area (Å²) in [4.78, 5) is 19.5. The van der Waals surface area contributed by atoms with Crippen LogP contribution >= 0.6 is 0 Å². The van der Waals surface area contributed by atoms with E-state index in [-0.39, 0.29) is 24.2 Å². The van der Waals surface area contributed by atoms with E-state index in [0.717, 1.165) is 0 Å². The first-order chi connectivity index (χ1) is 8.16. The van der Waals surface area contributed by atoms with Gasteiger partial charge in [0.2, 0.25) is 12.2 Å². The van der Waals surface area contributed by atoms with Crippen LogP contribution in [0.3, 0.4) is 0 Å². The minimum Gasteiger partial charge on any atom is -0.343 e. The minimum atomic E-state index is -0.377. The summed E-state index contributed by atoms with van der Waals surface area (Å²) in [7, 11) is 0. The molecule has 8 nitrogen and oxygen atoms in total. The summed E-state index contributed by atoms with van der Waals surface area (Å²) < 4.78 is 4.54. The zero-order valence-electron chi connectivity index (χ0n) is 9.47. The normalized spacial score (nSPS) is 10.8. The molecule has 0 saturated heterocycles. The molecule has 0 bridgehead atoms. The molecule has 2 heterocycles. The Balaban J connectivity index is 1.95. The average Bonchev–Trinajstić information content (AvgIpc) is 2.96. The number of nitrogens with zero attached hydrogens (tertiary/aromatic N) is 4. The second-order valence-corrected chi connectivity index (χ2v) is 3.73. The van der Waals surface area contributed by atoms with Gasteiger partial charge in [-0.1, -0.05) is 19.0 Å². The van der Waals surface area contributed by atoms with E-state index in [0.29, 0.717) is 11.6 Å². The Hall–Kier alpha value is -2.25. The molecule has 0 aliphatic carbocycles. The molecular weight excluding hydrogens is 224 g/mol. The highest BCUT2D eigenvalue weighted by Crippen LogP contribution is 2.07. The number of nitrogens with one attached hydrogen (secondary N) is 2. The summed E-state index contributed by atoms with van der Waals surface area (Å²) in [5, 5.41) is 12.7. The molecule has 2 rings (SSSR count). The summed E-state index contributed by atoms with van der Waals surface area (Å²) in [5.74, 6) is 1.00. The summed E-state index contributed by atoms with van der Waals surface area (Å²) >= 11 is 0. The monoisotopic (exact) mass is 236 g/mol. The van der Waals surface area contributed by atoms with Crippen molar-refractivity contribution in [2.75, 3.05) is 0 Å². The third kappa shape index (κ3) is 2.65. The largest absolute Gasteiger partial charge is 0.343 e. The maximum atomic E-state index is 11.6. The van der Waals surface area contributed by atoms with Crippen LogP contribution in [0.5, 0.6) is 0 Å². The number of amides is 1. The van der Waals surface area contributed by atoms with E-state index < -0.39 is 0 Å². The Labute approximate surface area is 96.8 Å². The van der Waals surface area contributed by atoms with Crippen LogP contribution in [0.1, 0.15) is 42.0 Å². The average molecular weight is 236 g/mol. The fraction of sp³-hybridized carbons (Fsp3) is 0.444. The number of carbonyl (C=O) groups is 1. The fourth-order valence-corrected chi connectivity index (χ4v) is 1.14. The molecule has 2 aromatic heterocycles. The highest BCUT2D eigenvalue weighted by Gasteiger charge is 2.14. The Bertz CT molecular complexity index is 489. The van der Waals surface area contributed by atoms with Crippen molar-refractivity contribution in [2.24, 2.45) is 0 Å². The summed E-state index contributed by atoms with van der Waals surface area (Å²) in [6, 6.07) is 0. The molecule has 0 aliphatic heterocycles. The second kappa shape index (κ2) is 4.73. The number of carbonyl (C=O) groups excluding carboxylic acids is 1. The van der Waals surface area contributed by atoms with Crippen LogP contribution in [0.4, 0.5) is 0 Å². The molecule has 0 fully saturated rings. The van der Waals surface area contributed by atoms with E-state index in [9.17, 15) is 4.79 Å².